The molecule has 0 heterocycles. The van der Waals surface area contributed by atoms with E-state index in [0.29, 0.717) is 12.8 Å². The summed E-state index contributed by atoms with van der Waals surface area (Å²) in [5, 5.41) is 15.4. The van der Waals surface area contributed by atoms with Gasteiger partial charge in [0.05, 0.1) is 12.1 Å². The molecule has 11 heavy (non-hydrogen) atoms. The molecular formula is C9H18N2. The van der Waals surface area contributed by atoms with Crippen molar-refractivity contribution in [1.82, 2.24) is 0 Å². The van der Waals surface area contributed by atoms with Gasteiger partial charge in [-0.3, -0.25) is 0 Å². The highest BCUT2D eigenvalue weighted by Gasteiger charge is 1.65. The maximum Gasteiger partial charge on any atom is 0.0621 e. The zero-order valence-electron chi connectivity index (χ0n) is 8.02. The number of hydrogen-bond acceptors (Lipinski definition) is 2. The van der Waals surface area contributed by atoms with Crippen LogP contribution in [0.1, 0.15) is 47.0 Å². The minimum Gasteiger partial charge on any atom is -0.198 e. The highest BCUT2D eigenvalue weighted by molar-refractivity contribution is 4.65. The first kappa shape index (κ1) is 16.5. The molecule has 0 aliphatic heterocycles. The third-order valence-corrected chi connectivity index (χ3v) is 0.520. The van der Waals surface area contributed by atoms with E-state index in [1.165, 1.54) is 0 Å². The van der Waals surface area contributed by atoms with Gasteiger partial charge in [0.25, 0.3) is 0 Å². The number of nitrogens with zero attached hydrogens (tertiary/aromatic N) is 2. The number of hydrogen-bond donors (Lipinski definition) is 0. The van der Waals surface area contributed by atoms with Gasteiger partial charge in [-0.15, -0.1) is 0 Å². The lowest BCUT2D eigenvalue weighted by Gasteiger charge is -1.65. The largest absolute Gasteiger partial charge is 0.198 e. The SMILES string of the molecule is CC.CCC#N.CCCC#N. The molecule has 2 nitrogen and oxygen atoms in total. The second-order valence-corrected chi connectivity index (χ2v) is 1.42. The second-order valence-electron chi connectivity index (χ2n) is 1.42. The summed E-state index contributed by atoms with van der Waals surface area (Å²) in [5.41, 5.74) is 0. The molecule has 2 heteroatoms. The van der Waals surface area contributed by atoms with E-state index >= 15 is 0 Å². The van der Waals surface area contributed by atoms with Gasteiger partial charge >= 0.3 is 0 Å². The normalized spacial score (nSPS) is 5.27. The molecule has 0 unspecified atom stereocenters. The third kappa shape index (κ3) is 112. The average Bonchev–Trinajstić information content (AvgIpc) is 2.10. The summed E-state index contributed by atoms with van der Waals surface area (Å²) in [6.07, 6.45) is 2.30. The van der Waals surface area contributed by atoms with Crippen molar-refractivity contribution in [2.45, 2.75) is 47.0 Å². The standard InChI is InChI=1S/C4H7N.C3H5N.C2H6/c1-2-3-4-5;1-2-3-4;1-2/h2-3H2,1H3;2H2,1H3;1-2H3. The van der Waals surface area contributed by atoms with Gasteiger partial charge in [-0.05, 0) is 6.42 Å². The molecule has 64 valence electrons. The molecule has 0 amide bonds. The Morgan fingerprint density at radius 2 is 1.36 bits per heavy atom. The molecule has 0 N–H and O–H groups in total. The number of unbranched alkanes of at least 4 members (excludes halogenated alkanes) is 1. The third-order valence-electron chi connectivity index (χ3n) is 0.520. The Hall–Kier alpha value is -1.02. The highest BCUT2D eigenvalue weighted by Crippen LogP contribution is 1.77. The Bertz CT molecular complexity index is 106. The Morgan fingerprint density at radius 1 is 1.00 bits per heavy atom. The smallest absolute Gasteiger partial charge is 0.0621 e. The van der Waals surface area contributed by atoms with Crippen molar-refractivity contribution in [2.24, 2.45) is 0 Å². The molecule has 0 aliphatic rings. The van der Waals surface area contributed by atoms with Crippen LogP contribution in [0.15, 0.2) is 0 Å². The number of rotatable bonds is 1. The van der Waals surface area contributed by atoms with Gasteiger partial charge in [-0.2, -0.15) is 10.5 Å². The van der Waals surface area contributed by atoms with Crippen LogP contribution in [-0.2, 0) is 0 Å². The monoisotopic (exact) mass is 154 g/mol. The molecular weight excluding hydrogens is 136 g/mol. The minimum absolute atomic E-state index is 0.625. The molecule has 0 aliphatic carbocycles. The van der Waals surface area contributed by atoms with Crippen LogP contribution >= 0.6 is 0 Å². The molecule has 0 spiro atoms. The van der Waals surface area contributed by atoms with Gasteiger partial charge in [0, 0.05) is 12.8 Å². The van der Waals surface area contributed by atoms with Crippen molar-refractivity contribution >= 4 is 0 Å². The fourth-order valence-electron chi connectivity index (χ4n) is 0.112. The van der Waals surface area contributed by atoms with Crippen molar-refractivity contribution < 1.29 is 0 Å². The molecule has 0 saturated heterocycles. The van der Waals surface area contributed by atoms with E-state index in [4.69, 9.17) is 10.5 Å². The quantitative estimate of drug-likeness (QED) is 0.582. The van der Waals surface area contributed by atoms with Crippen LogP contribution in [0.3, 0.4) is 0 Å². The van der Waals surface area contributed by atoms with Crippen LogP contribution in [-0.4, -0.2) is 0 Å². The predicted octanol–water partition coefficient (Wildman–Crippen LogP) is 3.26. The first-order chi connectivity index (χ1) is 5.33. The topological polar surface area (TPSA) is 47.6 Å². The summed E-state index contributed by atoms with van der Waals surface area (Å²) >= 11 is 0. The Balaban J connectivity index is -0.0000000965. The second kappa shape index (κ2) is 36.1. The van der Waals surface area contributed by atoms with Gasteiger partial charge < -0.3 is 0 Å². The van der Waals surface area contributed by atoms with E-state index in [2.05, 4.69) is 0 Å². The lowest BCUT2D eigenvalue weighted by atomic mass is 10.4. The van der Waals surface area contributed by atoms with E-state index < -0.39 is 0 Å². The zero-order valence-corrected chi connectivity index (χ0v) is 8.02. The van der Waals surface area contributed by atoms with Gasteiger partial charge in [-0.1, -0.05) is 27.7 Å². The molecule has 0 rings (SSSR count). The van der Waals surface area contributed by atoms with Gasteiger partial charge in [0.1, 0.15) is 0 Å². The fraction of sp³-hybridized carbons (Fsp3) is 0.778. The lowest BCUT2D eigenvalue weighted by Crippen LogP contribution is -1.53. The van der Waals surface area contributed by atoms with E-state index in [-0.39, 0.29) is 0 Å². The average molecular weight is 154 g/mol. The summed E-state index contributed by atoms with van der Waals surface area (Å²) in [6, 6.07) is 3.95. The molecule has 0 radical (unpaired) electrons. The summed E-state index contributed by atoms with van der Waals surface area (Å²) in [5.74, 6) is 0. The van der Waals surface area contributed by atoms with Crippen molar-refractivity contribution in [2.75, 3.05) is 0 Å². The summed E-state index contributed by atoms with van der Waals surface area (Å²) in [6.45, 7) is 7.81. The van der Waals surface area contributed by atoms with E-state index in [0.717, 1.165) is 6.42 Å². The fourth-order valence-corrected chi connectivity index (χ4v) is 0.112. The maximum absolute atomic E-state index is 7.82. The van der Waals surface area contributed by atoms with E-state index in [1.54, 1.807) is 0 Å². The van der Waals surface area contributed by atoms with Gasteiger partial charge in [-0.25, -0.2) is 0 Å². The van der Waals surface area contributed by atoms with Crippen molar-refractivity contribution in [1.29, 1.82) is 10.5 Å². The summed E-state index contributed by atoms with van der Waals surface area (Å²) in [4.78, 5) is 0. The van der Waals surface area contributed by atoms with Gasteiger partial charge in [0.2, 0.25) is 0 Å². The molecule has 0 aromatic rings. The molecule has 0 aromatic carbocycles. The molecule has 0 saturated carbocycles. The first-order valence-electron chi connectivity index (χ1n) is 4.07. The molecule has 0 bridgehead atoms. The van der Waals surface area contributed by atoms with Crippen LogP contribution in [0.5, 0.6) is 0 Å². The van der Waals surface area contributed by atoms with Crippen molar-refractivity contribution in [3.8, 4) is 12.1 Å². The Labute approximate surface area is 70.5 Å². The van der Waals surface area contributed by atoms with Crippen molar-refractivity contribution in [3.63, 3.8) is 0 Å². The van der Waals surface area contributed by atoms with Crippen LogP contribution in [0, 0.1) is 22.7 Å². The predicted molar refractivity (Wildman–Crippen MR) is 47.8 cm³/mol. The summed E-state index contributed by atoms with van der Waals surface area (Å²) in [7, 11) is 0. The first-order valence-corrected chi connectivity index (χ1v) is 4.07. The van der Waals surface area contributed by atoms with Crippen LogP contribution < -0.4 is 0 Å². The maximum atomic E-state index is 7.82. The summed E-state index contributed by atoms with van der Waals surface area (Å²) < 4.78 is 0. The van der Waals surface area contributed by atoms with E-state index in [9.17, 15) is 0 Å². The van der Waals surface area contributed by atoms with Crippen LogP contribution in [0.2, 0.25) is 0 Å². The van der Waals surface area contributed by atoms with Gasteiger partial charge in [0.15, 0.2) is 0 Å². The highest BCUT2D eigenvalue weighted by atomic mass is 14.2. The van der Waals surface area contributed by atoms with Crippen molar-refractivity contribution in [3.05, 3.63) is 0 Å². The molecule has 0 atom stereocenters. The number of nitriles is 2. The van der Waals surface area contributed by atoms with E-state index in [1.807, 2.05) is 39.8 Å². The molecule has 0 aromatic heterocycles. The lowest BCUT2D eigenvalue weighted by molar-refractivity contribution is 0.969. The Kier molecular flexibility index (Phi) is 54.2. The Morgan fingerprint density at radius 3 is 1.36 bits per heavy atom. The van der Waals surface area contributed by atoms with Crippen LogP contribution in [0.25, 0.3) is 0 Å². The minimum atomic E-state index is 0.625. The zero-order chi connectivity index (χ0) is 9.54. The molecule has 0 fully saturated rings. The van der Waals surface area contributed by atoms with Crippen LogP contribution in [0.4, 0.5) is 0 Å².